The fourth-order valence-electron chi connectivity index (χ4n) is 4.93. The number of nitrogens with zero attached hydrogens (tertiary/aromatic N) is 1. The Morgan fingerprint density at radius 1 is 0.865 bits per heavy atom. The van der Waals surface area contributed by atoms with Gasteiger partial charge in [-0.1, -0.05) is 54.1 Å². The van der Waals surface area contributed by atoms with Crippen LogP contribution in [0.2, 0.25) is 0 Å². The molecule has 0 spiro atoms. The lowest BCUT2D eigenvalue weighted by Crippen LogP contribution is -2.36. The molecule has 3 aromatic carbocycles. The minimum Gasteiger partial charge on any atom is -0.493 e. The van der Waals surface area contributed by atoms with Gasteiger partial charge in [-0.25, -0.2) is 0 Å². The molecule has 6 heteroatoms. The van der Waals surface area contributed by atoms with Crippen LogP contribution in [0, 0.1) is 6.92 Å². The smallest absolute Gasteiger partial charge is 0.126 e. The summed E-state index contributed by atoms with van der Waals surface area (Å²) in [5.41, 5.74) is 8.75. The molecule has 3 aromatic rings. The van der Waals surface area contributed by atoms with E-state index in [1.165, 1.54) is 27.8 Å². The van der Waals surface area contributed by atoms with E-state index >= 15 is 0 Å². The van der Waals surface area contributed by atoms with Crippen LogP contribution in [0.15, 0.2) is 72.3 Å². The van der Waals surface area contributed by atoms with Crippen molar-refractivity contribution < 1.29 is 9.47 Å². The van der Waals surface area contributed by atoms with Crippen molar-refractivity contribution in [2.45, 2.75) is 38.8 Å². The van der Waals surface area contributed by atoms with Crippen LogP contribution >= 0.6 is 24.8 Å². The first-order chi connectivity index (χ1) is 17.1. The van der Waals surface area contributed by atoms with Gasteiger partial charge in [0, 0.05) is 50.0 Å². The van der Waals surface area contributed by atoms with Crippen molar-refractivity contribution in [3.8, 4) is 16.9 Å². The van der Waals surface area contributed by atoms with Crippen molar-refractivity contribution in [1.29, 1.82) is 0 Å². The third kappa shape index (κ3) is 7.75. The molecule has 1 N–H and O–H groups in total. The number of anilines is 1. The number of ether oxygens (including phenoxy) is 2. The van der Waals surface area contributed by atoms with Gasteiger partial charge in [0.05, 0.1) is 6.61 Å². The van der Waals surface area contributed by atoms with E-state index in [-0.39, 0.29) is 24.8 Å². The van der Waals surface area contributed by atoms with E-state index < -0.39 is 0 Å². The van der Waals surface area contributed by atoms with Crippen LogP contribution in [0.5, 0.6) is 5.75 Å². The predicted molar refractivity (Wildman–Crippen MR) is 159 cm³/mol. The monoisotopic (exact) mass is 540 g/mol. The molecule has 0 radical (unpaired) electrons. The largest absolute Gasteiger partial charge is 0.493 e. The minimum atomic E-state index is 0. The first-order valence-corrected chi connectivity index (χ1v) is 12.8. The van der Waals surface area contributed by atoms with E-state index in [4.69, 9.17) is 9.47 Å². The molecule has 2 aliphatic heterocycles. The number of aryl methyl sites for hydroxylation is 1. The number of halogens is 2. The molecule has 0 atom stereocenters. The van der Waals surface area contributed by atoms with Gasteiger partial charge >= 0.3 is 0 Å². The Balaban J connectivity index is 0.00000190. The number of benzene rings is 3. The lowest BCUT2D eigenvalue weighted by atomic mass is 10.00. The average molecular weight is 542 g/mol. The van der Waals surface area contributed by atoms with Gasteiger partial charge in [0.15, 0.2) is 0 Å². The fraction of sp³-hybridized carbons (Fsp3) is 0.355. The lowest BCUT2D eigenvalue weighted by Gasteiger charge is -2.31. The molecule has 2 heterocycles. The summed E-state index contributed by atoms with van der Waals surface area (Å²) < 4.78 is 11.6. The van der Waals surface area contributed by atoms with Crippen molar-refractivity contribution in [3.63, 3.8) is 0 Å². The normalized spacial score (nSPS) is 15.4. The maximum atomic E-state index is 6.05. The molecule has 0 unspecified atom stereocenters. The topological polar surface area (TPSA) is 33.7 Å². The van der Waals surface area contributed by atoms with E-state index in [9.17, 15) is 0 Å². The molecule has 0 bridgehead atoms. The second-order valence-electron chi connectivity index (χ2n) is 9.83. The van der Waals surface area contributed by atoms with Crippen LogP contribution in [0.1, 0.15) is 36.0 Å². The Kier molecular flexibility index (Phi) is 10.9. The van der Waals surface area contributed by atoms with Crippen molar-refractivity contribution in [3.05, 3.63) is 89.0 Å². The fourth-order valence-corrected chi connectivity index (χ4v) is 4.93. The zero-order valence-electron chi connectivity index (χ0n) is 21.7. The first-order valence-electron chi connectivity index (χ1n) is 12.8. The highest BCUT2D eigenvalue weighted by atomic mass is 35.5. The molecule has 0 aromatic heterocycles. The average Bonchev–Trinajstić information content (AvgIpc) is 3.10. The Bertz CT molecular complexity index is 1160. The standard InChI is InChI=1S/C31H36N2O2.2ClH/c1-23-3-7-26(8-4-23)27-9-12-31-28(20-27)19-25(13-18-35-31)21-32-29-10-5-24(6-11-29)22-33(2)30-14-16-34-17-15-30;;/h3-12,19-20,30,32H,13-18,21-22H2,1-2H3;2*1H. The summed E-state index contributed by atoms with van der Waals surface area (Å²) in [5.74, 6) is 0.967. The highest BCUT2D eigenvalue weighted by molar-refractivity contribution is 5.85. The lowest BCUT2D eigenvalue weighted by molar-refractivity contribution is 0.0407. The molecule has 0 saturated carbocycles. The van der Waals surface area contributed by atoms with E-state index in [0.717, 1.165) is 62.6 Å². The summed E-state index contributed by atoms with van der Waals surface area (Å²) in [4.78, 5) is 2.46. The first kappa shape index (κ1) is 29.1. The number of hydrogen-bond donors (Lipinski definition) is 1. The molecule has 0 amide bonds. The highest BCUT2D eigenvalue weighted by Gasteiger charge is 2.18. The molecular weight excluding hydrogens is 503 g/mol. The van der Waals surface area contributed by atoms with Crippen molar-refractivity contribution in [1.82, 2.24) is 4.90 Å². The SMILES string of the molecule is Cc1ccc(-c2ccc3c(c2)C=C(CNc2ccc(CN(C)C4CCOCC4)cc2)CCO3)cc1.Cl.Cl. The Hall–Kier alpha value is -2.50. The van der Waals surface area contributed by atoms with E-state index in [1.54, 1.807) is 0 Å². The summed E-state index contributed by atoms with van der Waals surface area (Å²) in [6.07, 6.45) is 5.48. The number of fused-ring (bicyclic) bond motifs is 1. The number of nitrogens with one attached hydrogen (secondary N) is 1. The zero-order valence-corrected chi connectivity index (χ0v) is 23.4. The van der Waals surface area contributed by atoms with Crippen LogP contribution in [0.25, 0.3) is 17.2 Å². The van der Waals surface area contributed by atoms with Gasteiger partial charge in [0.2, 0.25) is 0 Å². The van der Waals surface area contributed by atoms with Crippen LogP contribution in [-0.2, 0) is 11.3 Å². The van der Waals surface area contributed by atoms with Crippen LogP contribution < -0.4 is 10.1 Å². The summed E-state index contributed by atoms with van der Waals surface area (Å²) in [6.45, 7) is 6.40. The zero-order chi connectivity index (χ0) is 24.0. The molecule has 4 nitrogen and oxygen atoms in total. The van der Waals surface area contributed by atoms with Gasteiger partial charge < -0.3 is 14.8 Å². The van der Waals surface area contributed by atoms with Gasteiger partial charge in [-0.3, -0.25) is 4.90 Å². The molecule has 1 fully saturated rings. The molecule has 198 valence electrons. The Labute approximate surface area is 233 Å². The Morgan fingerprint density at radius 2 is 1.57 bits per heavy atom. The summed E-state index contributed by atoms with van der Waals surface area (Å²) in [6, 6.07) is 24.7. The van der Waals surface area contributed by atoms with Crippen molar-refractivity contribution >= 4 is 36.6 Å². The van der Waals surface area contributed by atoms with Gasteiger partial charge in [-0.2, -0.15) is 0 Å². The molecule has 5 rings (SSSR count). The van der Waals surface area contributed by atoms with Gasteiger partial charge in [-0.05, 0) is 73.3 Å². The number of hydrogen-bond acceptors (Lipinski definition) is 4. The number of rotatable bonds is 7. The molecule has 1 saturated heterocycles. The third-order valence-corrected chi connectivity index (χ3v) is 7.15. The molecular formula is C31H38Cl2N2O2. The summed E-state index contributed by atoms with van der Waals surface area (Å²) in [7, 11) is 2.23. The van der Waals surface area contributed by atoms with Gasteiger partial charge in [0.25, 0.3) is 0 Å². The van der Waals surface area contributed by atoms with Crippen LogP contribution in [-0.4, -0.2) is 44.4 Å². The maximum absolute atomic E-state index is 6.05. The van der Waals surface area contributed by atoms with Crippen molar-refractivity contribution in [2.75, 3.05) is 38.7 Å². The van der Waals surface area contributed by atoms with Gasteiger partial charge in [0.1, 0.15) is 5.75 Å². The molecule has 2 aliphatic rings. The minimum absolute atomic E-state index is 0. The van der Waals surface area contributed by atoms with Gasteiger partial charge in [-0.15, -0.1) is 24.8 Å². The highest BCUT2D eigenvalue weighted by Crippen LogP contribution is 2.31. The second-order valence-corrected chi connectivity index (χ2v) is 9.83. The second kappa shape index (κ2) is 13.9. The van der Waals surface area contributed by atoms with E-state index in [2.05, 4.69) is 97.0 Å². The van der Waals surface area contributed by atoms with Crippen molar-refractivity contribution in [2.24, 2.45) is 0 Å². The quantitative estimate of drug-likeness (QED) is 0.338. The molecule has 37 heavy (non-hydrogen) atoms. The third-order valence-electron chi connectivity index (χ3n) is 7.15. The van der Waals surface area contributed by atoms with Crippen LogP contribution in [0.3, 0.4) is 0 Å². The predicted octanol–water partition coefficient (Wildman–Crippen LogP) is 7.39. The van der Waals surface area contributed by atoms with Crippen LogP contribution in [0.4, 0.5) is 5.69 Å². The summed E-state index contributed by atoms with van der Waals surface area (Å²) in [5, 5.41) is 3.62. The van der Waals surface area contributed by atoms with E-state index in [0.29, 0.717) is 12.6 Å². The summed E-state index contributed by atoms with van der Waals surface area (Å²) >= 11 is 0. The Morgan fingerprint density at radius 3 is 2.30 bits per heavy atom. The van der Waals surface area contributed by atoms with E-state index in [1.807, 2.05) is 0 Å². The molecule has 0 aliphatic carbocycles. The maximum Gasteiger partial charge on any atom is 0.126 e.